The van der Waals surface area contributed by atoms with Crippen molar-refractivity contribution in [2.24, 2.45) is 0 Å². The minimum Gasteiger partial charge on any atom is -0.508 e. The number of benzene rings is 3. The quantitative estimate of drug-likeness (QED) is 0.514. The Morgan fingerprint density at radius 1 is 0.923 bits per heavy atom. The van der Waals surface area contributed by atoms with Crippen molar-refractivity contribution in [3.05, 3.63) is 101 Å². The first-order valence-electron chi connectivity index (χ1n) is 13.1. The number of amides is 4. The van der Waals surface area contributed by atoms with Gasteiger partial charge in [-0.3, -0.25) is 9.59 Å². The van der Waals surface area contributed by atoms with Crippen molar-refractivity contribution in [1.82, 2.24) is 25.1 Å². The Hall–Kier alpha value is -4.37. The second-order valence-corrected chi connectivity index (χ2v) is 10.2. The molecule has 0 saturated carbocycles. The van der Waals surface area contributed by atoms with Gasteiger partial charge in [-0.25, -0.2) is 14.8 Å². The van der Waals surface area contributed by atoms with Crippen LogP contribution in [0.5, 0.6) is 5.75 Å². The largest absolute Gasteiger partial charge is 0.508 e. The van der Waals surface area contributed by atoms with Crippen molar-refractivity contribution < 1.29 is 19.5 Å². The Bertz CT molecular complexity index is 1330. The van der Waals surface area contributed by atoms with E-state index in [9.17, 15) is 19.5 Å². The second kappa shape index (κ2) is 11.2. The van der Waals surface area contributed by atoms with Crippen LogP contribution in [0.4, 0.5) is 4.79 Å². The van der Waals surface area contributed by atoms with Gasteiger partial charge in [-0.15, -0.1) is 0 Å². The van der Waals surface area contributed by atoms with Gasteiger partial charge in [0.15, 0.2) is 0 Å². The SMILES string of the molecule is Cc1ccc(CN2C[C@H]3N(C(=O)CN(C)N3C(=O)NCc3ccccc3)C(Cc3ccc(O)cc3)C2=O)cc1. The van der Waals surface area contributed by atoms with Crippen molar-refractivity contribution in [2.45, 2.75) is 38.6 Å². The first-order valence-corrected chi connectivity index (χ1v) is 13.1. The van der Waals surface area contributed by atoms with Gasteiger partial charge in [-0.1, -0.05) is 72.3 Å². The third kappa shape index (κ3) is 5.73. The molecule has 0 aliphatic carbocycles. The van der Waals surface area contributed by atoms with E-state index in [4.69, 9.17) is 0 Å². The van der Waals surface area contributed by atoms with E-state index in [0.717, 1.165) is 22.3 Å². The van der Waals surface area contributed by atoms with Gasteiger partial charge in [0.25, 0.3) is 0 Å². The van der Waals surface area contributed by atoms with Crippen LogP contribution in [0.25, 0.3) is 0 Å². The highest BCUT2D eigenvalue weighted by Crippen LogP contribution is 2.29. The molecule has 0 aromatic heterocycles. The zero-order valence-electron chi connectivity index (χ0n) is 22.2. The average molecular weight is 528 g/mol. The molecule has 0 radical (unpaired) electrons. The standard InChI is InChI=1S/C30H33N5O4/c1-21-8-10-24(11-9-21)18-33-19-27-34(26(29(33)38)16-22-12-14-25(36)15-13-22)28(37)20-32(2)35(27)30(39)31-17-23-6-4-3-5-7-23/h3-15,26-27,36H,16-20H2,1-2H3,(H,31,39)/t26?,27-/m0/s1. The number of rotatable bonds is 6. The van der Waals surface area contributed by atoms with Crippen LogP contribution in [0.15, 0.2) is 78.9 Å². The summed E-state index contributed by atoms with van der Waals surface area (Å²) in [4.78, 5) is 44.1. The number of nitrogens with one attached hydrogen (secondary N) is 1. The van der Waals surface area contributed by atoms with E-state index in [1.807, 2.05) is 61.5 Å². The monoisotopic (exact) mass is 527 g/mol. The number of carbonyl (C=O) groups excluding carboxylic acids is 3. The van der Waals surface area contributed by atoms with Gasteiger partial charge >= 0.3 is 6.03 Å². The fourth-order valence-corrected chi connectivity index (χ4v) is 5.27. The van der Waals surface area contributed by atoms with E-state index in [1.165, 1.54) is 0 Å². The molecular formula is C30H33N5O4. The number of urea groups is 1. The molecule has 9 nitrogen and oxygen atoms in total. The fourth-order valence-electron chi connectivity index (χ4n) is 5.27. The smallest absolute Gasteiger partial charge is 0.334 e. The van der Waals surface area contributed by atoms with Crippen molar-refractivity contribution in [1.29, 1.82) is 0 Å². The highest BCUT2D eigenvalue weighted by atomic mass is 16.3. The molecule has 2 saturated heterocycles. The summed E-state index contributed by atoms with van der Waals surface area (Å²) in [5, 5.41) is 15.9. The summed E-state index contributed by atoms with van der Waals surface area (Å²) in [7, 11) is 1.72. The number of hydrazine groups is 1. The van der Waals surface area contributed by atoms with Crippen molar-refractivity contribution in [3.8, 4) is 5.75 Å². The molecule has 0 bridgehead atoms. The predicted molar refractivity (Wildman–Crippen MR) is 146 cm³/mol. The van der Waals surface area contributed by atoms with Crippen LogP contribution < -0.4 is 5.32 Å². The van der Waals surface area contributed by atoms with E-state index >= 15 is 0 Å². The molecule has 5 rings (SSSR count). The Labute approximate surface area is 228 Å². The number of hydrogen-bond acceptors (Lipinski definition) is 5. The molecule has 2 aliphatic rings. The summed E-state index contributed by atoms with van der Waals surface area (Å²) in [5.74, 6) is -0.242. The topological polar surface area (TPSA) is 96.4 Å². The molecule has 202 valence electrons. The lowest BCUT2D eigenvalue weighted by atomic mass is 9.98. The first kappa shape index (κ1) is 26.2. The molecule has 3 aromatic rings. The average Bonchev–Trinajstić information content (AvgIpc) is 2.92. The summed E-state index contributed by atoms with van der Waals surface area (Å²) >= 11 is 0. The second-order valence-electron chi connectivity index (χ2n) is 10.2. The number of aryl methyl sites for hydroxylation is 1. The normalized spacial score (nSPS) is 19.7. The number of carbonyl (C=O) groups is 3. The summed E-state index contributed by atoms with van der Waals surface area (Å²) in [6, 6.07) is 23.1. The number of likely N-dealkylation sites (N-methyl/N-ethyl adjacent to an activating group) is 1. The molecule has 3 aromatic carbocycles. The number of hydrogen-bond donors (Lipinski definition) is 2. The lowest BCUT2D eigenvalue weighted by Gasteiger charge is -2.54. The highest BCUT2D eigenvalue weighted by molar-refractivity contribution is 5.91. The van der Waals surface area contributed by atoms with Gasteiger partial charge in [0.05, 0.1) is 13.1 Å². The molecule has 2 atom stereocenters. The maximum absolute atomic E-state index is 13.9. The van der Waals surface area contributed by atoms with Crippen LogP contribution >= 0.6 is 0 Å². The van der Waals surface area contributed by atoms with Crippen molar-refractivity contribution in [3.63, 3.8) is 0 Å². The van der Waals surface area contributed by atoms with E-state index in [2.05, 4.69) is 5.32 Å². The van der Waals surface area contributed by atoms with Crippen LogP contribution in [0.2, 0.25) is 0 Å². The molecule has 2 N–H and O–H groups in total. The number of nitrogens with zero attached hydrogens (tertiary/aromatic N) is 4. The number of fused-ring (bicyclic) bond motifs is 1. The third-order valence-electron chi connectivity index (χ3n) is 7.29. The molecule has 1 unspecified atom stereocenters. The number of aromatic hydroxyl groups is 1. The van der Waals surface area contributed by atoms with Crippen LogP contribution in [0.3, 0.4) is 0 Å². The Kier molecular flexibility index (Phi) is 7.51. The minimum absolute atomic E-state index is 0.0213. The van der Waals surface area contributed by atoms with Crippen LogP contribution in [0, 0.1) is 6.92 Å². The molecule has 2 fully saturated rings. The number of phenols is 1. The van der Waals surface area contributed by atoms with Gasteiger partial charge in [-0.05, 0) is 35.7 Å². The number of piperazine rings is 1. The van der Waals surface area contributed by atoms with Crippen LogP contribution in [-0.4, -0.2) is 75.1 Å². The summed E-state index contributed by atoms with van der Waals surface area (Å²) in [6.07, 6.45) is -0.396. The highest BCUT2D eigenvalue weighted by Gasteiger charge is 2.50. The van der Waals surface area contributed by atoms with Gasteiger partial charge < -0.3 is 20.2 Å². The summed E-state index contributed by atoms with van der Waals surface area (Å²) < 4.78 is 0. The van der Waals surface area contributed by atoms with Crippen molar-refractivity contribution in [2.75, 3.05) is 20.1 Å². The van der Waals surface area contributed by atoms with Gasteiger partial charge in [0, 0.05) is 26.6 Å². The predicted octanol–water partition coefficient (Wildman–Crippen LogP) is 2.88. The van der Waals surface area contributed by atoms with Gasteiger partial charge in [-0.2, -0.15) is 0 Å². The lowest BCUT2D eigenvalue weighted by Crippen LogP contribution is -2.76. The molecule has 9 heteroatoms. The summed E-state index contributed by atoms with van der Waals surface area (Å²) in [6.45, 7) is 2.89. The number of phenolic OH excluding ortho intramolecular Hbond substituents is 1. The Balaban J connectivity index is 1.45. The molecule has 39 heavy (non-hydrogen) atoms. The summed E-state index contributed by atoms with van der Waals surface area (Å²) in [5.41, 5.74) is 3.87. The van der Waals surface area contributed by atoms with E-state index in [0.29, 0.717) is 13.1 Å². The Morgan fingerprint density at radius 3 is 2.28 bits per heavy atom. The molecule has 2 aliphatic heterocycles. The minimum atomic E-state index is -0.788. The Morgan fingerprint density at radius 2 is 1.59 bits per heavy atom. The maximum Gasteiger partial charge on any atom is 0.334 e. The van der Waals surface area contributed by atoms with Crippen LogP contribution in [0.1, 0.15) is 22.3 Å². The molecule has 4 amide bonds. The van der Waals surface area contributed by atoms with Gasteiger partial charge in [0.1, 0.15) is 18.0 Å². The zero-order valence-corrected chi connectivity index (χ0v) is 22.2. The maximum atomic E-state index is 13.9. The lowest BCUT2D eigenvalue weighted by molar-refractivity contribution is -0.187. The molecule has 0 spiro atoms. The zero-order chi connectivity index (χ0) is 27.5. The molecule has 2 heterocycles. The first-order chi connectivity index (χ1) is 18.8. The van der Waals surface area contributed by atoms with E-state index < -0.39 is 12.2 Å². The van der Waals surface area contributed by atoms with E-state index in [-0.39, 0.29) is 43.1 Å². The van der Waals surface area contributed by atoms with Gasteiger partial charge in [0.2, 0.25) is 11.8 Å². The third-order valence-corrected chi connectivity index (χ3v) is 7.29. The van der Waals surface area contributed by atoms with Crippen molar-refractivity contribution >= 4 is 17.8 Å². The van der Waals surface area contributed by atoms with Crippen LogP contribution in [-0.2, 0) is 29.1 Å². The fraction of sp³-hybridized carbons (Fsp3) is 0.300. The van der Waals surface area contributed by atoms with E-state index in [1.54, 1.807) is 51.1 Å². The molecular weight excluding hydrogens is 494 g/mol.